The van der Waals surface area contributed by atoms with Crippen LogP contribution in [0.2, 0.25) is 0 Å². The first-order valence-electron chi connectivity index (χ1n) is 6.33. The van der Waals surface area contributed by atoms with Crippen LogP contribution in [-0.2, 0) is 4.74 Å². The molecule has 0 atom stereocenters. The van der Waals surface area contributed by atoms with Crippen LogP contribution in [0.1, 0.15) is 28.0 Å². The highest BCUT2D eigenvalue weighted by Gasteiger charge is 2.20. The molecular formula is C14H19N3O3. The van der Waals surface area contributed by atoms with Crippen molar-refractivity contribution in [1.82, 2.24) is 4.98 Å². The lowest BCUT2D eigenvalue weighted by Crippen LogP contribution is -2.31. The van der Waals surface area contributed by atoms with Gasteiger partial charge in [-0.1, -0.05) is 0 Å². The third-order valence-corrected chi connectivity index (χ3v) is 2.90. The first-order valence-corrected chi connectivity index (χ1v) is 6.33. The fourth-order valence-corrected chi connectivity index (χ4v) is 2.02. The van der Waals surface area contributed by atoms with E-state index in [1.54, 1.807) is 25.0 Å². The molecule has 0 fully saturated rings. The average molecular weight is 277 g/mol. The predicted octanol–water partition coefficient (Wildman–Crippen LogP) is 1.76. The van der Waals surface area contributed by atoms with Gasteiger partial charge in [-0.2, -0.15) is 5.26 Å². The van der Waals surface area contributed by atoms with E-state index in [0.717, 1.165) is 5.69 Å². The molecular weight excluding hydrogens is 258 g/mol. The van der Waals surface area contributed by atoms with Crippen molar-refractivity contribution in [3.05, 3.63) is 22.9 Å². The summed E-state index contributed by atoms with van der Waals surface area (Å²) in [5, 5.41) is 18.1. The second-order valence-electron chi connectivity index (χ2n) is 4.47. The first-order chi connectivity index (χ1) is 9.51. The van der Waals surface area contributed by atoms with E-state index in [-0.39, 0.29) is 5.56 Å². The van der Waals surface area contributed by atoms with Crippen molar-refractivity contribution < 1.29 is 14.6 Å². The molecule has 0 bridgehead atoms. The maximum absolute atomic E-state index is 11.4. The summed E-state index contributed by atoms with van der Waals surface area (Å²) in [4.78, 5) is 17.6. The van der Waals surface area contributed by atoms with Gasteiger partial charge in [-0.25, -0.2) is 9.78 Å². The number of ether oxygens (including phenoxy) is 1. The number of hydrogen-bond donors (Lipinski definition) is 1. The molecule has 0 radical (unpaired) electrons. The van der Waals surface area contributed by atoms with Crippen molar-refractivity contribution in [2.75, 3.05) is 31.7 Å². The van der Waals surface area contributed by atoms with Crippen molar-refractivity contribution in [3.63, 3.8) is 0 Å². The number of pyridine rings is 1. The molecule has 0 aliphatic heterocycles. The highest BCUT2D eigenvalue weighted by atomic mass is 16.5. The maximum atomic E-state index is 11.4. The van der Waals surface area contributed by atoms with Crippen LogP contribution in [0.15, 0.2) is 6.07 Å². The molecule has 1 rings (SSSR count). The van der Waals surface area contributed by atoms with E-state index in [4.69, 9.17) is 10.00 Å². The minimum Gasteiger partial charge on any atom is -0.478 e. The number of aryl methyl sites for hydroxylation is 2. The standard InChI is InChI=1S/C14H19N3O3/c1-10-9-11(2)16-13(12(10)14(18)19)17(6-4-5-15)7-8-20-3/h9H,4,6-8H2,1-3H3,(H,18,19). The number of carboxylic acid groups (broad SMARTS) is 1. The number of hydrogen-bond acceptors (Lipinski definition) is 5. The zero-order valence-electron chi connectivity index (χ0n) is 12.0. The van der Waals surface area contributed by atoms with Crippen molar-refractivity contribution in [2.24, 2.45) is 0 Å². The van der Waals surface area contributed by atoms with Gasteiger partial charge >= 0.3 is 5.97 Å². The van der Waals surface area contributed by atoms with Gasteiger partial charge in [0.05, 0.1) is 19.1 Å². The lowest BCUT2D eigenvalue weighted by molar-refractivity contribution is 0.0696. The molecule has 0 amide bonds. The quantitative estimate of drug-likeness (QED) is 0.817. The topological polar surface area (TPSA) is 86.5 Å². The Hall–Kier alpha value is -2.13. The lowest BCUT2D eigenvalue weighted by atomic mass is 10.1. The van der Waals surface area contributed by atoms with Crippen LogP contribution in [0.5, 0.6) is 0 Å². The highest BCUT2D eigenvalue weighted by Crippen LogP contribution is 2.23. The fraction of sp³-hybridized carbons (Fsp3) is 0.500. The number of nitriles is 1. The normalized spacial score (nSPS) is 10.1. The summed E-state index contributed by atoms with van der Waals surface area (Å²) >= 11 is 0. The Bertz CT molecular complexity index is 523. The Morgan fingerprint density at radius 3 is 2.75 bits per heavy atom. The molecule has 1 heterocycles. The third kappa shape index (κ3) is 3.93. The molecule has 0 aromatic carbocycles. The second kappa shape index (κ2) is 7.46. The van der Waals surface area contributed by atoms with Gasteiger partial charge in [0.2, 0.25) is 0 Å². The molecule has 0 saturated carbocycles. The zero-order chi connectivity index (χ0) is 15.1. The van der Waals surface area contributed by atoms with Crippen LogP contribution in [0.3, 0.4) is 0 Å². The number of methoxy groups -OCH3 is 1. The van der Waals surface area contributed by atoms with E-state index in [0.29, 0.717) is 37.5 Å². The minimum absolute atomic E-state index is 0.185. The van der Waals surface area contributed by atoms with Gasteiger partial charge in [0.1, 0.15) is 11.4 Å². The van der Waals surface area contributed by atoms with Crippen LogP contribution >= 0.6 is 0 Å². The van der Waals surface area contributed by atoms with Crippen LogP contribution < -0.4 is 4.90 Å². The highest BCUT2D eigenvalue weighted by molar-refractivity contribution is 5.95. The van der Waals surface area contributed by atoms with Gasteiger partial charge in [-0.3, -0.25) is 0 Å². The molecule has 0 aliphatic rings. The van der Waals surface area contributed by atoms with Crippen LogP contribution in [0, 0.1) is 25.2 Å². The monoisotopic (exact) mass is 277 g/mol. The molecule has 0 unspecified atom stereocenters. The summed E-state index contributed by atoms with van der Waals surface area (Å²) in [6.45, 7) is 4.94. The molecule has 20 heavy (non-hydrogen) atoms. The summed E-state index contributed by atoms with van der Waals surface area (Å²) < 4.78 is 5.03. The van der Waals surface area contributed by atoms with E-state index in [9.17, 15) is 9.90 Å². The molecule has 0 saturated heterocycles. The van der Waals surface area contributed by atoms with Gasteiger partial charge in [0.25, 0.3) is 0 Å². The Morgan fingerprint density at radius 2 is 2.20 bits per heavy atom. The van der Waals surface area contributed by atoms with E-state index < -0.39 is 5.97 Å². The summed E-state index contributed by atoms with van der Waals surface area (Å²) in [5.74, 6) is -0.605. The molecule has 1 aromatic heterocycles. The number of anilines is 1. The molecule has 0 spiro atoms. The van der Waals surface area contributed by atoms with E-state index >= 15 is 0 Å². The summed E-state index contributed by atoms with van der Waals surface area (Å²) in [6.07, 6.45) is 0.303. The van der Waals surface area contributed by atoms with E-state index in [2.05, 4.69) is 11.1 Å². The Labute approximate surface area is 118 Å². The van der Waals surface area contributed by atoms with E-state index in [1.165, 1.54) is 0 Å². The third-order valence-electron chi connectivity index (χ3n) is 2.90. The number of carboxylic acids is 1. The number of nitrogens with zero attached hydrogens (tertiary/aromatic N) is 3. The zero-order valence-corrected chi connectivity index (χ0v) is 12.0. The van der Waals surface area contributed by atoms with Crippen molar-refractivity contribution in [1.29, 1.82) is 5.26 Å². The van der Waals surface area contributed by atoms with Crippen LogP contribution in [0.4, 0.5) is 5.82 Å². The van der Waals surface area contributed by atoms with Crippen molar-refractivity contribution >= 4 is 11.8 Å². The Morgan fingerprint density at radius 1 is 1.50 bits per heavy atom. The molecule has 6 nitrogen and oxygen atoms in total. The fourth-order valence-electron chi connectivity index (χ4n) is 2.02. The minimum atomic E-state index is -1.01. The van der Waals surface area contributed by atoms with Crippen LogP contribution in [-0.4, -0.2) is 42.9 Å². The van der Waals surface area contributed by atoms with Crippen molar-refractivity contribution in [3.8, 4) is 6.07 Å². The predicted molar refractivity (Wildman–Crippen MR) is 75.0 cm³/mol. The van der Waals surface area contributed by atoms with Gasteiger partial charge in [-0.15, -0.1) is 0 Å². The van der Waals surface area contributed by atoms with Gasteiger partial charge < -0.3 is 14.7 Å². The summed E-state index contributed by atoms with van der Waals surface area (Å²) in [5.41, 5.74) is 1.60. The number of aromatic nitrogens is 1. The SMILES string of the molecule is COCCN(CCC#N)c1nc(C)cc(C)c1C(=O)O. The Balaban J connectivity index is 3.22. The molecule has 0 aliphatic carbocycles. The number of carbonyl (C=O) groups is 1. The molecule has 1 N–H and O–H groups in total. The summed E-state index contributed by atoms with van der Waals surface area (Å²) in [7, 11) is 1.58. The second-order valence-corrected chi connectivity index (χ2v) is 4.47. The molecule has 6 heteroatoms. The lowest BCUT2D eigenvalue weighted by Gasteiger charge is -2.25. The largest absolute Gasteiger partial charge is 0.478 e. The summed E-state index contributed by atoms with van der Waals surface area (Å²) in [6, 6.07) is 3.81. The van der Waals surface area contributed by atoms with Gasteiger partial charge in [-0.05, 0) is 25.5 Å². The average Bonchev–Trinajstić information content (AvgIpc) is 2.37. The van der Waals surface area contributed by atoms with Crippen LogP contribution in [0.25, 0.3) is 0 Å². The number of rotatable bonds is 7. The van der Waals surface area contributed by atoms with E-state index in [1.807, 2.05) is 6.92 Å². The van der Waals surface area contributed by atoms with Crippen molar-refractivity contribution in [2.45, 2.75) is 20.3 Å². The van der Waals surface area contributed by atoms with Gasteiger partial charge in [0.15, 0.2) is 0 Å². The Kier molecular flexibility index (Phi) is 5.94. The first kappa shape index (κ1) is 15.9. The van der Waals surface area contributed by atoms with Gasteiger partial charge in [0, 0.05) is 25.9 Å². The molecule has 108 valence electrons. The molecule has 1 aromatic rings. The maximum Gasteiger partial charge on any atom is 0.339 e. The number of aromatic carboxylic acids is 1. The smallest absolute Gasteiger partial charge is 0.339 e.